The number of carbonyl (C=O) groups is 1. The van der Waals surface area contributed by atoms with Gasteiger partial charge in [-0.3, -0.25) is 4.79 Å². The summed E-state index contributed by atoms with van der Waals surface area (Å²) >= 11 is 9.49. The SMILES string of the molecule is O=C(Cc1ccc(Br)cc1)N/N=C/c1ccc(OCc2ccccc2Cl)cc1. The molecular formula is C22H18BrClN2O2. The van der Waals surface area contributed by atoms with Crippen molar-refractivity contribution in [3.05, 3.63) is 99.0 Å². The van der Waals surface area contributed by atoms with Crippen LogP contribution in [0.3, 0.4) is 0 Å². The zero-order chi connectivity index (χ0) is 19.8. The number of carbonyl (C=O) groups excluding carboxylic acids is 1. The van der Waals surface area contributed by atoms with E-state index in [-0.39, 0.29) is 12.3 Å². The number of ether oxygens (including phenoxy) is 1. The highest BCUT2D eigenvalue weighted by Crippen LogP contribution is 2.18. The van der Waals surface area contributed by atoms with Gasteiger partial charge in [-0.1, -0.05) is 57.9 Å². The van der Waals surface area contributed by atoms with Crippen LogP contribution < -0.4 is 10.2 Å². The van der Waals surface area contributed by atoms with Gasteiger partial charge < -0.3 is 4.74 Å². The van der Waals surface area contributed by atoms with Gasteiger partial charge in [0.25, 0.3) is 0 Å². The summed E-state index contributed by atoms with van der Waals surface area (Å²) < 4.78 is 6.72. The van der Waals surface area contributed by atoms with Gasteiger partial charge in [0.2, 0.25) is 5.91 Å². The van der Waals surface area contributed by atoms with Crippen LogP contribution in [-0.2, 0) is 17.8 Å². The van der Waals surface area contributed by atoms with Crippen molar-refractivity contribution in [2.75, 3.05) is 0 Å². The summed E-state index contributed by atoms with van der Waals surface area (Å²) in [5.74, 6) is 0.564. The summed E-state index contributed by atoms with van der Waals surface area (Å²) in [6.07, 6.45) is 1.87. The molecule has 0 bridgehead atoms. The molecule has 0 aliphatic carbocycles. The molecule has 3 aromatic rings. The largest absolute Gasteiger partial charge is 0.489 e. The third-order valence-electron chi connectivity index (χ3n) is 3.91. The first-order valence-electron chi connectivity index (χ1n) is 8.63. The van der Waals surface area contributed by atoms with E-state index in [9.17, 15) is 4.79 Å². The second-order valence-corrected chi connectivity index (χ2v) is 7.37. The summed E-state index contributed by atoms with van der Waals surface area (Å²) in [7, 11) is 0. The normalized spacial score (nSPS) is 10.8. The second-order valence-electron chi connectivity index (χ2n) is 6.05. The van der Waals surface area contributed by atoms with Gasteiger partial charge in [-0.2, -0.15) is 5.10 Å². The van der Waals surface area contributed by atoms with Crippen LogP contribution in [0.5, 0.6) is 5.75 Å². The molecule has 0 saturated heterocycles. The minimum Gasteiger partial charge on any atom is -0.489 e. The Bertz CT molecular complexity index is 957. The van der Waals surface area contributed by atoms with Crippen molar-refractivity contribution in [2.24, 2.45) is 5.10 Å². The molecule has 0 aliphatic heterocycles. The Morgan fingerprint density at radius 3 is 2.46 bits per heavy atom. The molecule has 0 heterocycles. The third-order valence-corrected chi connectivity index (χ3v) is 4.81. The smallest absolute Gasteiger partial charge is 0.244 e. The number of hydrogen-bond donors (Lipinski definition) is 1. The number of hydrazone groups is 1. The number of hydrogen-bond acceptors (Lipinski definition) is 3. The number of nitrogens with zero attached hydrogens (tertiary/aromatic N) is 1. The Morgan fingerprint density at radius 1 is 1.04 bits per heavy atom. The fraction of sp³-hybridized carbons (Fsp3) is 0.0909. The number of benzene rings is 3. The summed E-state index contributed by atoms with van der Waals surface area (Å²) in [5.41, 5.74) is 5.25. The Kier molecular flexibility index (Phi) is 7.23. The molecule has 0 fully saturated rings. The van der Waals surface area contributed by atoms with E-state index in [1.54, 1.807) is 6.21 Å². The van der Waals surface area contributed by atoms with E-state index in [1.165, 1.54) is 0 Å². The first-order chi connectivity index (χ1) is 13.6. The van der Waals surface area contributed by atoms with Crippen LogP contribution in [-0.4, -0.2) is 12.1 Å². The molecular weight excluding hydrogens is 440 g/mol. The number of halogens is 2. The van der Waals surface area contributed by atoms with Crippen molar-refractivity contribution in [3.63, 3.8) is 0 Å². The van der Waals surface area contributed by atoms with Gasteiger partial charge in [-0.25, -0.2) is 5.43 Å². The van der Waals surface area contributed by atoms with Gasteiger partial charge in [0, 0.05) is 15.1 Å². The Morgan fingerprint density at radius 2 is 1.75 bits per heavy atom. The number of rotatable bonds is 7. The van der Waals surface area contributed by atoms with E-state index in [0.717, 1.165) is 26.9 Å². The average Bonchev–Trinajstić information content (AvgIpc) is 2.70. The second kappa shape index (κ2) is 10.1. The molecule has 0 spiro atoms. The molecule has 0 radical (unpaired) electrons. The van der Waals surface area contributed by atoms with E-state index in [4.69, 9.17) is 16.3 Å². The van der Waals surface area contributed by atoms with E-state index >= 15 is 0 Å². The summed E-state index contributed by atoms with van der Waals surface area (Å²) in [5, 5.41) is 4.68. The van der Waals surface area contributed by atoms with E-state index in [0.29, 0.717) is 11.6 Å². The summed E-state index contributed by atoms with van der Waals surface area (Å²) in [6.45, 7) is 0.402. The van der Waals surface area contributed by atoms with Gasteiger partial charge in [-0.15, -0.1) is 0 Å². The van der Waals surface area contributed by atoms with Crippen LogP contribution in [0, 0.1) is 0 Å². The third kappa shape index (κ3) is 6.22. The highest BCUT2D eigenvalue weighted by atomic mass is 79.9. The molecule has 1 N–H and O–H groups in total. The maximum atomic E-state index is 11.9. The minimum absolute atomic E-state index is 0.168. The predicted molar refractivity (Wildman–Crippen MR) is 116 cm³/mol. The highest BCUT2D eigenvalue weighted by Gasteiger charge is 2.02. The number of amides is 1. The lowest BCUT2D eigenvalue weighted by Gasteiger charge is -2.07. The molecule has 4 nitrogen and oxygen atoms in total. The van der Waals surface area contributed by atoms with Gasteiger partial charge in [-0.05, 0) is 53.6 Å². The predicted octanol–water partition coefficient (Wildman–Crippen LogP) is 5.37. The van der Waals surface area contributed by atoms with Gasteiger partial charge in [0.1, 0.15) is 12.4 Å². The fourth-order valence-corrected chi connectivity index (χ4v) is 2.89. The van der Waals surface area contributed by atoms with Crippen LogP contribution in [0.15, 0.2) is 82.4 Å². The van der Waals surface area contributed by atoms with Crippen molar-refractivity contribution >= 4 is 39.7 Å². The topological polar surface area (TPSA) is 50.7 Å². The molecule has 0 aromatic heterocycles. The molecule has 0 atom stereocenters. The first kappa shape index (κ1) is 20.1. The van der Waals surface area contributed by atoms with Crippen molar-refractivity contribution in [3.8, 4) is 5.75 Å². The lowest BCUT2D eigenvalue weighted by atomic mass is 10.1. The standard InChI is InChI=1S/C22H18BrClN2O2/c23-19-9-5-16(6-10-19)13-22(27)26-25-14-17-7-11-20(12-8-17)28-15-18-3-1-2-4-21(18)24/h1-12,14H,13,15H2,(H,26,27)/b25-14+. The monoisotopic (exact) mass is 456 g/mol. The maximum absolute atomic E-state index is 11.9. The maximum Gasteiger partial charge on any atom is 0.244 e. The molecule has 0 saturated carbocycles. The van der Waals surface area contributed by atoms with Crippen molar-refractivity contribution in [1.29, 1.82) is 0 Å². The van der Waals surface area contributed by atoms with E-state index in [2.05, 4.69) is 26.5 Å². The quantitative estimate of drug-likeness (QED) is 0.383. The molecule has 0 unspecified atom stereocenters. The van der Waals surface area contributed by atoms with Crippen LogP contribution >= 0.6 is 27.5 Å². The van der Waals surface area contributed by atoms with Crippen molar-refractivity contribution in [1.82, 2.24) is 5.43 Å². The van der Waals surface area contributed by atoms with Gasteiger partial charge >= 0.3 is 0 Å². The molecule has 1 amide bonds. The lowest BCUT2D eigenvalue weighted by molar-refractivity contribution is -0.120. The Hall–Kier alpha value is -2.63. The molecule has 142 valence electrons. The Labute approximate surface area is 177 Å². The zero-order valence-corrected chi connectivity index (χ0v) is 17.3. The van der Waals surface area contributed by atoms with Crippen LogP contribution in [0.25, 0.3) is 0 Å². The summed E-state index contributed by atoms with van der Waals surface area (Å²) in [6, 6.07) is 22.6. The highest BCUT2D eigenvalue weighted by molar-refractivity contribution is 9.10. The molecule has 3 aromatic carbocycles. The molecule has 6 heteroatoms. The average molecular weight is 458 g/mol. The van der Waals surface area contributed by atoms with Gasteiger partial charge in [0.15, 0.2) is 0 Å². The first-order valence-corrected chi connectivity index (χ1v) is 9.80. The lowest BCUT2D eigenvalue weighted by Crippen LogP contribution is -2.19. The van der Waals surface area contributed by atoms with Crippen LogP contribution in [0.4, 0.5) is 0 Å². The van der Waals surface area contributed by atoms with Crippen molar-refractivity contribution in [2.45, 2.75) is 13.0 Å². The minimum atomic E-state index is -0.168. The van der Waals surface area contributed by atoms with Crippen molar-refractivity contribution < 1.29 is 9.53 Å². The van der Waals surface area contributed by atoms with Gasteiger partial charge in [0.05, 0.1) is 12.6 Å². The molecule has 28 heavy (non-hydrogen) atoms. The van der Waals surface area contributed by atoms with E-state index in [1.807, 2.05) is 72.8 Å². The van der Waals surface area contributed by atoms with E-state index < -0.39 is 0 Å². The van der Waals surface area contributed by atoms with Crippen LogP contribution in [0.1, 0.15) is 16.7 Å². The fourth-order valence-electron chi connectivity index (χ4n) is 2.43. The zero-order valence-electron chi connectivity index (χ0n) is 14.9. The Balaban J connectivity index is 1.47. The number of nitrogens with one attached hydrogen (secondary N) is 1. The summed E-state index contributed by atoms with van der Waals surface area (Å²) in [4.78, 5) is 11.9. The van der Waals surface area contributed by atoms with Crippen LogP contribution in [0.2, 0.25) is 5.02 Å². The molecule has 3 rings (SSSR count). The molecule has 0 aliphatic rings.